The number of rotatable bonds is 2. The molecule has 0 atom stereocenters. The van der Waals surface area contributed by atoms with E-state index in [4.69, 9.17) is 16.7 Å². The average molecular weight is 319 g/mol. The van der Waals surface area contributed by atoms with E-state index in [2.05, 4.69) is 4.98 Å². The van der Waals surface area contributed by atoms with Gasteiger partial charge in [0.15, 0.2) is 0 Å². The van der Waals surface area contributed by atoms with E-state index in [1.165, 1.54) is 0 Å². The average Bonchev–Trinajstić information content (AvgIpc) is 2.07. The molecule has 2 nitrogen and oxygen atoms in total. The molecule has 0 saturated carbocycles. The Hall–Kier alpha value is -0.0100. The lowest BCUT2D eigenvalue weighted by atomic mass is 10.1. The summed E-state index contributed by atoms with van der Waals surface area (Å²) in [6.45, 7) is -0.481. The Bertz CT molecular complexity index is 322. The number of hydrogen-bond acceptors (Lipinski definition) is 2. The van der Waals surface area contributed by atoms with Gasteiger partial charge in [0, 0.05) is 17.3 Å². The van der Waals surface area contributed by atoms with Gasteiger partial charge in [0.05, 0.1) is 11.6 Å². The Morgan fingerprint density at radius 2 is 2.23 bits per heavy atom. The van der Waals surface area contributed by atoms with E-state index in [1.807, 2.05) is 0 Å². The van der Waals surface area contributed by atoms with Gasteiger partial charge >= 0.3 is 0 Å². The van der Waals surface area contributed by atoms with Gasteiger partial charge < -0.3 is 5.11 Å². The molecule has 0 unspecified atom stereocenters. The fourth-order valence-corrected chi connectivity index (χ4v) is 1.75. The second-order valence-electron chi connectivity index (χ2n) is 2.25. The molecule has 1 heterocycles. The van der Waals surface area contributed by atoms with E-state index in [0.29, 0.717) is 3.70 Å². The number of halogens is 4. The molecular weight excluding hydrogens is 314 g/mol. The fraction of sp³-hybridized carbons (Fsp3) is 0.286. The van der Waals surface area contributed by atoms with Crippen LogP contribution in [-0.4, -0.2) is 10.1 Å². The number of pyridine rings is 1. The summed E-state index contributed by atoms with van der Waals surface area (Å²) < 4.78 is 25.2. The molecule has 0 bridgehead atoms. The van der Waals surface area contributed by atoms with Crippen molar-refractivity contribution in [3.05, 3.63) is 26.0 Å². The fourth-order valence-electron chi connectivity index (χ4n) is 0.902. The first-order chi connectivity index (χ1) is 6.07. The smallest absolute Gasteiger partial charge is 0.265 e. The first-order valence-corrected chi connectivity index (χ1v) is 4.75. The molecule has 1 aromatic heterocycles. The van der Waals surface area contributed by atoms with Gasteiger partial charge in [0.1, 0.15) is 3.70 Å². The standard InChI is InChI=1S/C7H5ClF2INO/c8-4-1-12-7(11)3(2-13)5(4)6(9)10/h1,6,13H,2H2. The third kappa shape index (κ3) is 2.26. The second-order valence-corrected chi connectivity index (χ2v) is 3.68. The van der Waals surface area contributed by atoms with Crippen LogP contribution in [0.1, 0.15) is 17.6 Å². The summed E-state index contributed by atoms with van der Waals surface area (Å²) in [5.41, 5.74) is -0.230. The van der Waals surface area contributed by atoms with E-state index < -0.39 is 13.0 Å². The van der Waals surface area contributed by atoms with Crippen molar-refractivity contribution in [2.45, 2.75) is 13.0 Å². The lowest BCUT2D eigenvalue weighted by Crippen LogP contribution is -2.01. The molecule has 1 rings (SSSR count). The van der Waals surface area contributed by atoms with Crippen molar-refractivity contribution in [2.75, 3.05) is 0 Å². The van der Waals surface area contributed by atoms with Crippen LogP contribution >= 0.6 is 34.2 Å². The second kappa shape index (κ2) is 4.47. The maximum atomic E-state index is 12.4. The zero-order chi connectivity index (χ0) is 10.0. The molecule has 0 aliphatic rings. The van der Waals surface area contributed by atoms with Crippen molar-refractivity contribution in [3.63, 3.8) is 0 Å². The van der Waals surface area contributed by atoms with Crippen LogP contribution in [0.4, 0.5) is 8.78 Å². The molecule has 1 aromatic rings. The van der Waals surface area contributed by atoms with Crippen LogP contribution < -0.4 is 0 Å². The van der Waals surface area contributed by atoms with Gasteiger partial charge in [-0.2, -0.15) is 0 Å². The normalized spacial score (nSPS) is 10.9. The molecule has 0 aliphatic heterocycles. The van der Waals surface area contributed by atoms with Crippen LogP contribution in [-0.2, 0) is 6.61 Å². The predicted molar refractivity (Wildman–Crippen MR) is 52.8 cm³/mol. The van der Waals surface area contributed by atoms with Crippen LogP contribution in [0.25, 0.3) is 0 Å². The SMILES string of the molecule is OCc1c(I)ncc(Cl)c1C(F)F. The highest BCUT2D eigenvalue weighted by atomic mass is 127. The molecule has 0 aromatic carbocycles. The van der Waals surface area contributed by atoms with E-state index >= 15 is 0 Å². The molecule has 6 heteroatoms. The lowest BCUT2D eigenvalue weighted by Gasteiger charge is -2.09. The molecule has 13 heavy (non-hydrogen) atoms. The summed E-state index contributed by atoms with van der Waals surface area (Å²) in [6.07, 6.45) is -1.53. The molecule has 0 amide bonds. The highest BCUT2D eigenvalue weighted by Crippen LogP contribution is 2.31. The van der Waals surface area contributed by atoms with E-state index in [0.717, 1.165) is 6.20 Å². The van der Waals surface area contributed by atoms with Gasteiger partial charge in [0.25, 0.3) is 6.43 Å². The van der Waals surface area contributed by atoms with Crippen molar-refractivity contribution in [2.24, 2.45) is 0 Å². The topological polar surface area (TPSA) is 33.1 Å². The quantitative estimate of drug-likeness (QED) is 0.672. The van der Waals surface area contributed by atoms with Crippen LogP contribution in [0.3, 0.4) is 0 Å². The summed E-state index contributed by atoms with van der Waals surface area (Å²) in [5.74, 6) is 0. The van der Waals surface area contributed by atoms with Gasteiger partial charge in [-0.05, 0) is 22.6 Å². The van der Waals surface area contributed by atoms with Crippen LogP contribution in [0.15, 0.2) is 6.20 Å². The minimum absolute atomic E-state index is 0.100. The zero-order valence-electron chi connectivity index (χ0n) is 6.27. The molecule has 1 N–H and O–H groups in total. The Kier molecular flexibility index (Phi) is 3.81. The summed E-state index contributed by atoms with van der Waals surface area (Å²) in [5, 5.41) is 8.72. The number of aromatic nitrogens is 1. The summed E-state index contributed by atoms with van der Waals surface area (Å²) in [4.78, 5) is 3.75. The molecule has 0 fully saturated rings. The number of nitrogens with zero attached hydrogens (tertiary/aromatic N) is 1. The van der Waals surface area contributed by atoms with Gasteiger partial charge in [-0.3, -0.25) is 0 Å². The Morgan fingerprint density at radius 1 is 1.62 bits per heavy atom. The molecule has 0 radical (unpaired) electrons. The van der Waals surface area contributed by atoms with Gasteiger partial charge in [-0.25, -0.2) is 13.8 Å². The summed E-state index contributed by atoms with van der Waals surface area (Å²) >= 11 is 7.29. The van der Waals surface area contributed by atoms with Gasteiger partial charge in [-0.15, -0.1) is 0 Å². The highest BCUT2D eigenvalue weighted by molar-refractivity contribution is 14.1. The third-order valence-corrected chi connectivity index (χ3v) is 2.73. The predicted octanol–water partition coefficient (Wildman–Crippen LogP) is 2.77. The number of hydrogen-bond donors (Lipinski definition) is 1. The monoisotopic (exact) mass is 319 g/mol. The third-order valence-electron chi connectivity index (χ3n) is 1.50. The number of alkyl halides is 2. The van der Waals surface area contributed by atoms with Crippen molar-refractivity contribution >= 4 is 34.2 Å². The first-order valence-electron chi connectivity index (χ1n) is 3.29. The molecule has 0 aliphatic carbocycles. The van der Waals surface area contributed by atoms with Gasteiger partial charge in [0.2, 0.25) is 0 Å². The minimum atomic E-state index is -2.69. The Balaban J connectivity index is 3.35. The van der Waals surface area contributed by atoms with Crippen molar-refractivity contribution in [1.82, 2.24) is 4.98 Å². The lowest BCUT2D eigenvalue weighted by molar-refractivity contribution is 0.147. The maximum Gasteiger partial charge on any atom is 0.265 e. The molecular formula is C7H5ClF2INO. The van der Waals surface area contributed by atoms with E-state index in [9.17, 15) is 8.78 Å². The molecule has 0 saturated heterocycles. The summed E-state index contributed by atoms with van der Waals surface area (Å²) in [7, 11) is 0. The summed E-state index contributed by atoms with van der Waals surface area (Å²) in [6, 6.07) is 0. The Labute approximate surface area is 92.1 Å². The van der Waals surface area contributed by atoms with Crippen molar-refractivity contribution < 1.29 is 13.9 Å². The minimum Gasteiger partial charge on any atom is -0.392 e. The van der Waals surface area contributed by atoms with Crippen molar-refractivity contribution in [1.29, 1.82) is 0 Å². The number of aliphatic hydroxyl groups is 1. The van der Waals surface area contributed by atoms with Crippen LogP contribution in [0, 0.1) is 3.70 Å². The van der Waals surface area contributed by atoms with E-state index in [-0.39, 0.29) is 16.1 Å². The number of aliphatic hydroxyl groups excluding tert-OH is 1. The maximum absolute atomic E-state index is 12.4. The molecule has 72 valence electrons. The molecule has 0 spiro atoms. The van der Waals surface area contributed by atoms with Crippen molar-refractivity contribution in [3.8, 4) is 0 Å². The largest absolute Gasteiger partial charge is 0.392 e. The zero-order valence-corrected chi connectivity index (χ0v) is 9.18. The Morgan fingerprint density at radius 3 is 2.62 bits per heavy atom. The highest BCUT2D eigenvalue weighted by Gasteiger charge is 2.19. The first kappa shape index (κ1) is 11.1. The van der Waals surface area contributed by atoms with Crippen LogP contribution in [0.2, 0.25) is 5.02 Å². The van der Waals surface area contributed by atoms with Gasteiger partial charge in [-0.1, -0.05) is 11.6 Å². The van der Waals surface area contributed by atoms with E-state index in [1.54, 1.807) is 22.6 Å². The van der Waals surface area contributed by atoms with Crippen LogP contribution in [0.5, 0.6) is 0 Å².